The molecule has 0 radical (unpaired) electrons. The highest BCUT2D eigenvalue weighted by Crippen LogP contribution is 2.28. The molecule has 42 heavy (non-hydrogen) atoms. The van der Waals surface area contributed by atoms with Gasteiger partial charge >= 0.3 is 0 Å². The first-order chi connectivity index (χ1) is 19.7. The van der Waals surface area contributed by atoms with Gasteiger partial charge in [-0.1, -0.05) is 156 Å². The van der Waals surface area contributed by atoms with Crippen molar-refractivity contribution in [3.05, 3.63) is 142 Å². The Bertz CT molecular complexity index is 1170. The van der Waals surface area contributed by atoms with Crippen LogP contribution in [0.5, 0.6) is 0 Å². The number of allylic oxidation sites excluding steroid dienone is 23. The van der Waals surface area contributed by atoms with Crippen molar-refractivity contribution in [1.29, 1.82) is 0 Å². The minimum absolute atomic E-state index is 0.151. The summed E-state index contributed by atoms with van der Waals surface area (Å²) in [7, 11) is 0. The topological polar surface area (TPSA) is 20.2 Å². The second kappa shape index (κ2) is 22.4. The molecule has 0 bridgehead atoms. The third kappa shape index (κ3) is 22.5. The summed E-state index contributed by atoms with van der Waals surface area (Å²) in [5, 5.41) is 10.6. The summed E-state index contributed by atoms with van der Waals surface area (Å²) in [5.74, 6) is 0. The van der Waals surface area contributed by atoms with Gasteiger partial charge in [0.05, 0.1) is 6.10 Å². The summed E-state index contributed by atoms with van der Waals surface area (Å²) >= 11 is 0. The lowest BCUT2D eigenvalue weighted by Crippen LogP contribution is -2.27. The average Bonchev–Trinajstić information content (AvgIpc) is 2.89. The van der Waals surface area contributed by atoms with Crippen LogP contribution >= 0.6 is 0 Å². The van der Waals surface area contributed by atoms with E-state index in [-0.39, 0.29) is 5.41 Å². The van der Waals surface area contributed by atoms with Crippen LogP contribution in [0.25, 0.3) is 0 Å². The molecule has 0 aromatic heterocycles. The smallest absolute Gasteiger partial charge is 0.0775 e. The zero-order valence-corrected chi connectivity index (χ0v) is 28.7. The molecule has 1 unspecified atom stereocenters. The van der Waals surface area contributed by atoms with Gasteiger partial charge < -0.3 is 5.11 Å². The van der Waals surface area contributed by atoms with E-state index in [2.05, 4.69) is 167 Å². The van der Waals surface area contributed by atoms with Crippen LogP contribution in [0.15, 0.2) is 142 Å². The first-order valence-corrected chi connectivity index (χ1v) is 15.4. The predicted molar refractivity (Wildman–Crippen MR) is 192 cm³/mol. The second-order valence-electron chi connectivity index (χ2n) is 12.6. The SMILES string of the molecule is CC(C)=CCC/C(C)=C/C=C/C(C)=C/C=C/C(C)=C/C=C/C=C(C)/C=C/C=C(C)/C=C/C(O)C(C)(C)CCC=C(C)C. The highest BCUT2D eigenvalue weighted by molar-refractivity contribution is 5.32. The fraction of sp³-hybridized carbons (Fsp3) is 0.415. The molecular weight excluding hydrogens is 508 g/mol. The zero-order valence-electron chi connectivity index (χ0n) is 28.7. The summed E-state index contributed by atoms with van der Waals surface area (Å²) in [6.07, 6.45) is 39.6. The average molecular weight is 569 g/mol. The number of hydrogen-bond donors (Lipinski definition) is 1. The van der Waals surface area contributed by atoms with Gasteiger partial charge in [-0.25, -0.2) is 0 Å². The minimum Gasteiger partial charge on any atom is -0.388 e. The molecule has 0 fully saturated rings. The molecule has 230 valence electrons. The second-order valence-corrected chi connectivity index (χ2v) is 12.6. The number of rotatable bonds is 17. The van der Waals surface area contributed by atoms with Crippen LogP contribution in [-0.2, 0) is 0 Å². The normalized spacial score (nSPS) is 15.7. The molecule has 0 saturated carbocycles. The van der Waals surface area contributed by atoms with E-state index >= 15 is 0 Å². The maximum atomic E-state index is 10.6. The quantitative estimate of drug-likeness (QED) is 0.137. The van der Waals surface area contributed by atoms with Gasteiger partial charge in [-0.15, -0.1) is 0 Å². The van der Waals surface area contributed by atoms with Crippen molar-refractivity contribution in [2.45, 2.75) is 108 Å². The molecule has 1 atom stereocenters. The molecule has 0 aliphatic carbocycles. The van der Waals surface area contributed by atoms with Crippen LogP contribution in [0.1, 0.15) is 102 Å². The van der Waals surface area contributed by atoms with Crippen LogP contribution in [0, 0.1) is 5.41 Å². The van der Waals surface area contributed by atoms with Crippen molar-refractivity contribution in [3.63, 3.8) is 0 Å². The molecule has 1 nitrogen and oxygen atoms in total. The first-order valence-electron chi connectivity index (χ1n) is 15.4. The Morgan fingerprint density at radius 2 is 0.952 bits per heavy atom. The lowest BCUT2D eigenvalue weighted by Gasteiger charge is -2.28. The molecule has 0 aromatic rings. The standard InChI is InChI=1S/C41H60O/c1-33(2)19-14-23-37(7)26-16-28-38(8)27-15-24-35(5)21-12-13-22-36(6)25-17-29-39(9)30-31-40(42)41(10,11)32-18-20-34(3)4/h12-13,15-17,19-22,24-31,40,42H,14,18,23,32H2,1-11H3/b13-12+,24-15+,25-17+,28-16+,31-30+,35-21+,36-22+,37-26+,38-27+,39-29+. The Morgan fingerprint density at radius 3 is 1.43 bits per heavy atom. The summed E-state index contributed by atoms with van der Waals surface area (Å²) in [5.41, 5.74) is 8.67. The van der Waals surface area contributed by atoms with Crippen molar-refractivity contribution in [2.75, 3.05) is 0 Å². The molecule has 0 aliphatic rings. The molecule has 1 N–H and O–H groups in total. The number of aliphatic hydroxyl groups is 1. The van der Waals surface area contributed by atoms with Gasteiger partial charge in [0.15, 0.2) is 0 Å². The van der Waals surface area contributed by atoms with Gasteiger partial charge in [0.2, 0.25) is 0 Å². The van der Waals surface area contributed by atoms with E-state index in [0.29, 0.717) is 0 Å². The molecule has 0 spiro atoms. The van der Waals surface area contributed by atoms with Crippen LogP contribution in [0.4, 0.5) is 0 Å². The van der Waals surface area contributed by atoms with Crippen molar-refractivity contribution < 1.29 is 5.11 Å². The zero-order chi connectivity index (χ0) is 32.0. The fourth-order valence-corrected chi connectivity index (χ4v) is 3.76. The lowest BCUT2D eigenvalue weighted by atomic mass is 9.81. The Labute approximate surface area is 260 Å². The maximum Gasteiger partial charge on any atom is 0.0775 e. The molecule has 0 aliphatic heterocycles. The molecular formula is C41H60O. The van der Waals surface area contributed by atoms with E-state index in [1.165, 1.54) is 33.4 Å². The number of aliphatic hydroxyl groups excluding tert-OH is 1. The maximum absolute atomic E-state index is 10.6. The summed E-state index contributed by atoms with van der Waals surface area (Å²) in [6.45, 7) is 23.4. The van der Waals surface area contributed by atoms with E-state index < -0.39 is 6.10 Å². The van der Waals surface area contributed by atoms with Gasteiger partial charge in [-0.05, 0) is 93.4 Å². The minimum atomic E-state index is -0.468. The first kappa shape index (κ1) is 38.8. The van der Waals surface area contributed by atoms with E-state index in [1.807, 2.05) is 12.2 Å². The molecule has 0 rings (SSSR count). The van der Waals surface area contributed by atoms with E-state index in [9.17, 15) is 5.11 Å². The highest BCUT2D eigenvalue weighted by atomic mass is 16.3. The molecule has 0 heterocycles. The van der Waals surface area contributed by atoms with E-state index in [1.54, 1.807) is 0 Å². The Morgan fingerprint density at radius 1 is 0.548 bits per heavy atom. The van der Waals surface area contributed by atoms with Gasteiger partial charge in [0, 0.05) is 0 Å². The molecule has 0 aromatic carbocycles. The third-order valence-electron chi connectivity index (χ3n) is 6.78. The van der Waals surface area contributed by atoms with Gasteiger partial charge in [-0.3, -0.25) is 0 Å². The summed E-state index contributed by atoms with van der Waals surface area (Å²) < 4.78 is 0. The van der Waals surface area contributed by atoms with Crippen LogP contribution in [0.3, 0.4) is 0 Å². The Hall–Kier alpha value is -3.16. The monoisotopic (exact) mass is 568 g/mol. The van der Waals surface area contributed by atoms with Crippen molar-refractivity contribution in [3.8, 4) is 0 Å². The Kier molecular flexibility index (Phi) is 20.8. The van der Waals surface area contributed by atoms with Crippen molar-refractivity contribution in [2.24, 2.45) is 5.41 Å². The predicted octanol–water partition coefficient (Wildman–Crippen LogP) is 12.4. The molecule has 0 amide bonds. The van der Waals surface area contributed by atoms with Gasteiger partial charge in [-0.2, -0.15) is 0 Å². The molecule has 0 saturated heterocycles. The lowest BCUT2D eigenvalue weighted by molar-refractivity contribution is 0.0842. The highest BCUT2D eigenvalue weighted by Gasteiger charge is 2.24. The Balaban J connectivity index is 4.81. The summed E-state index contributed by atoms with van der Waals surface area (Å²) in [4.78, 5) is 0. The van der Waals surface area contributed by atoms with Crippen molar-refractivity contribution >= 4 is 0 Å². The van der Waals surface area contributed by atoms with E-state index in [4.69, 9.17) is 0 Å². The summed E-state index contributed by atoms with van der Waals surface area (Å²) in [6, 6.07) is 0. The van der Waals surface area contributed by atoms with Crippen molar-refractivity contribution in [1.82, 2.24) is 0 Å². The third-order valence-corrected chi connectivity index (χ3v) is 6.78. The van der Waals surface area contributed by atoms with E-state index in [0.717, 1.165) is 31.3 Å². The largest absolute Gasteiger partial charge is 0.388 e. The molecule has 1 heteroatoms. The fourth-order valence-electron chi connectivity index (χ4n) is 3.76. The van der Waals surface area contributed by atoms with Crippen LogP contribution in [0.2, 0.25) is 0 Å². The van der Waals surface area contributed by atoms with Gasteiger partial charge in [0.1, 0.15) is 0 Å². The van der Waals surface area contributed by atoms with Crippen LogP contribution < -0.4 is 0 Å². The van der Waals surface area contributed by atoms with Crippen LogP contribution in [-0.4, -0.2) is 11.2 Å². The number of hydrogen-bond acceptors (Lipinski definition) is 1. The van der Waals surface area contributed by atoms with Gasteiger partial charge in [0.25, 0.3) is 0 Å².